The Hall–Kier alpha value is -4.33. The maximum Gasteiger partial charge on any atom is 0.414 e. The van der Waals surface area contributed by atoms with E-state index in [0.717, 1.165) is 40.8 Å². The fraction of sp³-hybridized carbons (Fsp3) is 0.276. The van der Waals surface area contributed by atoms with Crippen LogP contribution in [-0.4, -0.2) is 47.0 Å². The monoisotopic (exact) mass is 499 g/mol. The lowest BCUT2D eigenvalue weighted by molar-refractivity contribution is -0.138. The SMILES string of the molecule is COC(=O)N1c2ccc3c(nc(CC(C(=O)O)c4ccccc4)n3-c3cccc(OC)c3)c2CC[C@@H]1C. The molecule has 2 heterocycles. The number of carbonyl (C=O) groups excluding carboxylic acids is 1. The van der Waals surface area contributed by atoms with Crippen LogP contribution in [0, 0.1) is 0 Å². The predicted octanol–water partition coefficient (Wildman–Crippen LogP) is 5.35. The quantitative estimate of drug-likeness (QED) is 0.384. The highest BCUT2D eigenvalue weighted by Crippen LogP contribution is 2.38. The molecule has 0 saturated carbocycles. The van der Waals surface area contributed by atoms with Crippen LogP contribution in [0.4, 0.5) is 10.5 Å². The molecule has 1 aromatic heterocycles. The van der Waals surface area contributed by atoms with Crippen molar-refractivity contribution in [3.8, 4) is 11.4 Å². The third-order valence-electron chi connectivity index (χ3n) is 7.06. The maximum atomic E-state index is 12.6. The largest absolute Gasteiger partial charge is 0.497 e. The van der Waals surface area contributed by atoms with Gasteiger partial charge in [0.15, 0.2) is 0 Å². The summed E-state index contributed by atoms with van der Waals surface area (Å²) >= 11 is 0. The summed E-state index contributed by atoms with van der Waals surface area (Å²) in [6.07, 6.45) is 1.30. The van der Waals surface area contributed by atoms with Crippen LogP contribution in [0.15, 0.2) is 66.7 Å². The summed E-state index contributed by atoms with van der Waals surface area (Å²) in [7, 11) is 2.99. The average Bonchev–Trinajstić information content (AvgIpc) is 3.30. The van der Waals surface area contributed by atoms with Gasteiger partial charge < -0.3 is 14.6 Å². The van der Waals surface area contributed by atoms with E-state index in [1.807, 2.05) is 78.2 Å². The number of aryl methyl sites for hydroxylation is 1. The van der Waals surface area contributed by atoms with E-state index in [2.05, 4.69) is 0 Å². The topological polar surface area (TPSA) is 93.9 Å². The minimum atomic E-state index is -0.914. The number of ether oxygens (including phenoxy) is 2. The van der Waals surface area contributed by atoms with Gasteiger partial charge in [-0.3, -0.25) is 14.3 Å². The zero-order valence-corrected chi connectivity index (χ0v) is 21.0. The molecular formula is C29H29N3O5. The molecule has 8 nitrogen and oxygen atoms in total. The molecule has 1 aliphatic heterocycles. The van der Waals surface area contributed by atoms with Gasteiger partial charge in [-0.15, -0.1) is 0 Å². The van der Waals surface area contributed by atoms with Gasteiger partial charge in [0.05, 0.1) is 42.5 Å². The molecule has 8 heteroatoms. The lowest BCUT2D eigenvalue weighted by atomic mass is 9.95. The summed E-state index contributed by atoms with van der Waals surface area (Å²) in [6.45, 7) is 2.00. The van der Waals surface area contributed by atoms with Crippen LogP contribution < -0.4 is 9.64 Å². The van der Waals surface area contributed by atoms with Crippen molar-refractivity contribution in [2.24, 2.45) is 0 Å². The van der Waals surface area contributed by atoms with E-state index in [9.17, 15) is 14.7 Å². The Kier molecular flexibility index (Phi) is 6.56. The van der Waals surface area contributed by atoms with E-state index < -0.39 is 18.0 Å². The fourth-order valence-electron chi connectivity index (χ4n) is 5.20. The van der Waals surface area contributed by atoms with E-state index >= 15 is 0 Å². The number of fused-ring (bicyclic) bond motifs is 3. The van der Waals surface area contributed by atoms with Gasteiger partial charge in [0, 0.05) is 24.1 Å². The van der Waals surface area contributed by atoms with Gasteiger partial charge >= 0.3 is 12.1 Å². The molecule has 0 saturated heterocycles. The molecule has 37 heavy (non-hydrogen) atoms. The van der Waals surface area contributed by atoms with E-state index in [-0.39, 0.29) is 12.5 Å². The molecule has 5 rings (SSSR count). The van der Waals surface area contributed by atoms with Gasteiger partial charge in [0.2, 0.25) is 0 Å². The number of nitrogens with zero attached hydrogens (tertiary/aromatic N) is 3. The van der Waals surface area contributed by atoms with Crippen LogP contribution in [0.5, 0.6) is 5.75 Å². The second-order valence-electron chi connectivity index (χ2n) is 9.23. The predicted molar refractivity (Wildman–Crippen MR) is 141 cm³/mol. The van der Waals surface area contributed by atoms with Crippen molar-refractivity contribution in [1.29, 1.82) is 0 Å². The molecule has 0 spiro atoms. The number of methoxy groups -OCH3 is 2. The second kappa shape index (κ2) is 9.97. The summed E-state index contributed by atoms with van der Waals surface area (Å²) in [5, 5.41) is 10.1. The minimum absolute atomic E-state index is 0.00758. The Morgan fingerprint density at radius 3 is 2.57 bits per heavy atom. The smallest absolute Gasteiger partial charge is 0.414 e. The lowest BCUT2D eigenvalue weighted by Gasteiger charge is -2.34. The number of aromatic nitrogens is 2. The number of rotatable bonds is 6. The highest BCUT2D eigenvalue weighted by Gasteiger charge is 2.32. The van der Waals surface area contributed by atoms with Gasteiger partial charge in [-0.2, -0.15) is 0 Å². The molecule has 1 unspecified atom stereocenters. The fourth-order valence-corrected chi connectivity index (χ4v) is 5.20. The van der Waals surface area contributed by atoms with E-state index in [1.165, 1.54) is 7.11 Å². The number of carboxylic acids is 1. The third-order valence-corrected chi connectivity index (χ3v) is 7.06. The van der Waals surface area contributed by atoms with E-state index in [0.29, 0.717) is 17.1 Å². The molecule has 4 aromatic rings. The number of hydrogen-bond acceptors (Lipinski definition) is 5. The first-order valence-corrected chi connectivity index (χ1v) is 12.3. The molecule has 2 atom stereocenters. The minimum Gasteiger partial charge on any atom is -0.497 e. The van der Waals surface area contributed by atoms with Crippen LogP contribution in [0.1, 0.15) is 36.2 Å². The van der Waals surface area contributed by atoms with Gasteiger partial charge in [0.1, 0.15) is 11.6 Å². The van der Waals surface area contributed by atoms with Gasteiger partial charge in [-0.1, -0.05) is 36.4 Å². The van der Waals surface area contributed by atoms with Crippen LogP contribution in [0.25, 0.3) is 16.7 Å². The molecule has 0 aliphatic carbocycles. The van der Waals surface area contributed by atoms with Gasteiger partial charge in [-0.05, 0) is 49.6 Å². The first kappa shape index (κ1) is 24.4. The zero-order valence-electron chi connectivity index (χ0n) is 21.0. The van der Waals surface area contributed by atoms with Crippen molar-refractivity contribution in [3.63, 3.8) is 0 Å². The Bertz CT molecular complexity index is 1460. The summed E-state index contributed by atoms with van der Waals surface area (Å²) < 4.78 is 12.5. The number of imidazole rings is 1. The first-order valence-electron chi connectivity index (χ1n) is 12.3. The van der Waals surface area contributed by atoms with Gasteiger partial charge in [0.25, 0.3) is 0 Å². The number of carbonyl (C=O) groups is 2. The highest BCUT2D eigenvalue weighted by molar-refractivity contribution is 5.96. The van der Waals surface area contributed by atoms with Crippen LogP contribution in [0.2, 0.25) is 0 Å². The lowest BCUT2D eigenvalue weighted by Crippen LogP contribution is -2.42. The molecule has 0 radical (unpaired) electrons. The molecule has 0 fully saturated rings. The number of carboxylic acid groups (broad SMARTS) is 1. The normalized spacial score (nSPS) is 15.8. The number of benzene rings is 3. The van der Waals surface area contributed by atoms with Crippen molar-refractivity contribution in [2.75, 3.05) is 19.1 Å². The number of aliphatic carboxylic acids is 1. The second-order valence-corrected chi connectivity index (χ2v) is 9.23. The molecule has 3 aromatic carbocycles. The summed E-state index contributed by atoms with van der Waals surface area (Å²) in [4.78, 5) is 31.7. The standard InChI is InChI=1S/C29H29N3O5/c1-18-12-13-22-24(31(18)29(35)37-3)14-15-25-27(22)30-26(32(25)20-10-7-11-21(16-20)36-2)17-23(28(33)34)19-8-5-4-6-9-19/h4-11,14-16,18,23H,12-13,17H2,1-3H3,(H,33,34)/t18-,23?/m0/s1. The number of anilines is 1. The average molecular weight is 500 g/mol. The first-order chi connectivity index (χ1) is 17.9. The molecular weight excluding hydrogens is 470 g/mol. The molecule has 0 bridgehead atoms. The Balaban J connectivity index is 1.72. The Labute approximate surface area is 215 Å². The number of amides is 1. The maximum absolute atomic E-state index is 12.6. The summed E-state index contributed by atoms with van der Waals surface area (Å²) in [5.41, 5.74) is 4.87. The van der Waals surface area contributed by atoms with Crippen molar-refractivity contribution in [1.82, 2.24) is 9.55 Å². The van der Waals surface area contributed by atoms with Crippen LogP contribution >= 0.6 is 0 Å². The Morgan fingerprint density at radius 2 is 1.86 bits per heavy atom. The molecule has 1 N–H and O–H groups in total. The van der Waals surface area contributed by atoms with Crippen molar-refractivity contribution < 1.29 is 24.2 Å². The van der Waals surface area contributed by atoms with Crippen molar-refractivity contribution >= 4 is 28.8 Å². The van der Waals surface area contributed by atoms with E-state index in [4.69, 9.17) is 14.5 Å². The Morgan fingerprint density at radius 1 is 1.08 bits per heavy atom. The molecule has 1 amide bonds. The number of hydrogen-bond donors (Lipinski definition) is 1. The third kappa shape index (κ3) is 4.39. The van der Waals surface area contributed by atoms with E-state index in [1.54, 1.807) is 12.0 Å². The zero-order chi connectivity index (χ0) is 26.1. The molecule has 1 aliphatic rings. The summed E-state index contributed by atoms with van der Waals surface area (Å²) in [6, 6.07) is 20.7. The van der Waals surface area contributed by atoms with Crippen LogP contribution in [0.3, 0.4) is 0 Å². The van der Waals surface area contributed by atoms with Gasteiger partial charge in [-0.25, -0.2) is 9.78 Å². The van der Waals surface area contributed by atoms with Crippen molar-refractivity contribution in [2.45, 2.75) is 38.1 Å². The highest BCUT2D eigenvalue weighted by atomic mass is 16.5. The van der Waals surface area contributed by atoms with Crippen molar-refractivity contribution in [3.05, 3.63) is 83.7 Å². The van der Waals surface area contributed by atoms with Crippen LogP contribution in [-0.2, 0) is 22.4 Å². The molecule has 190 valence electrons. The summed E-state index contributed by atoms with van der Waals surface area (Å²) in [5.74, 6) is -0.379.